The molecular formula is C36H39NO6. The molecule has 0 radical (unpaired) electrons. The Kier molecular flexibility index (Phi) is 9.19. The molecule has 0 saturated carbocycles. The number of hydrogen-bond acceptors (Lipinski definition) is 7. The molecule has 0 unspecified atom stereocenters. The first-order valence-corrected chi connectivity index (χ1v) is 14.7. The summed E-state index contributed by atoms with van der Waals surface area (Å²) in [4.78, 5) is 27.6. The smallest absolute Gasteiger partial charge is 0.336 e. The van der Waals surface area contributed by atoms with Crippen LogP contribution in [-0.4, -0.2) is 32.6 Å². The fraction of sp³-hybridized carbons (Fsp3) is 0.333. The van der Waals surface area contributed by atoms with Crippen molar-refractivity contribution in [3.05, 3.63) is 112 Å². The minimum atomic E-state index is -0.574. The Bertz CT molecular complexity index is 1550. The van der Waals surface area contributed by atoms with Gasteiger partial charge in [0.05, 0.1) is 26.4 Å². The second-order valence-electron chi connectivity index (χ2n) is 11.5. The number of benzene rings is 3. The summed E-state index contributed by atoms with van der Waals surface area (Å²) in [6, 6.07) is 23.4. The number of rotatable bonds is 10. The predicted molar refractivity (Wildman–Crippen MR) is 165 cm³/mol. The maximum atomic E-state index is 14.1. The summed E-state index contributed by atoms with van der Waals surface area (Å²) in [6.07, 6.45) is 0.924. The number of ether oxygens (including phenoxy) is 4. The third-order valence-corrected chi connectivity index (χ3v) is 7.91. The van der Waals surface area contributed by atoms with Crippen molar-refractivity contribution in [2.75, 3.05) is 20.8 Å². The van der Waals surface area contributed by atoms with E-state index in [0.29, 0.717) is 60.1 Å². The van der Waals surface area contributed by atoms with Crippen molar-refractivity contribution < 1.29 is 28.5 Å². The Morgan fingerprint density at radius 2 is 1.67 bits per heavy atom. The molecule has 0 saturated heterocycles. The van der Waals surface area contributed by atoms with Crippen LogP contribution in [0.5, 0.6) is 17.2 Å². The van der Waals surface area contributed by atoms with Gasteiger partial charge in [-0.15, -0.1) is 0 Å². The average molecular weight is 582 g/mol. The van der Waals surface area contributed by atoms with Crippen LogP contribution < -0.4 is 19.5 Å². The molecule has 1 heterocycles. The molecule has 0 fully saturated rings. The number of esters is 1. The second-order valence-corrected chi connectivity index (χ2v) is 11.5. The van der Waals surface area contributed by atoms with Crippen molar-refractivity contribution in [2.45, 2.75) is 52.1 Å². The topological polar surface area (TPSA) is 83.1 Å². The second kappa shape index (κ2) is 13.2. The van der Waals surface area contributed by atoms with E-state index in [4.69, 9.17) is 18.9 Å². The zero-order chi connectivity index (χ0) is 30.5. The van der Waals surface area contributed by atoms with Crippen LogP contribution in [0.2, 0.25) is 0 Å². The van der Waals surface area contributed by atoms with Crippen LogP contribution in [0.1, 0.15) is 62.1 Å². The minimum Gasteiger partial charge on any atom is -0.493 e. The SMILES string of the molecule is COc1ccc([C@@H]2CC(=O)C3=C(C2)NC(C)=C(C(=O)OCC(C)C)[C@@H]3c2cccc(OCc3ccccc3)c2)cc1OC. The molecule has 0 spiro atoms. The van der Waals surface area contributed by atoms with Crippen molar-refractivity contribution in [1.82, 2.24) is 5.32 Å². The van der Waals surface area contributed by atoms with Gasteiger partial charge in [0.25, 0.3) is 0 Å². The van der Waals surface area contributed by atoms with Gasteiger partial charge in [0, 0.05) is 29.3 Å². The fourth-order valence-corrected chi connectivity index (χ4v) is 5.83. The molecule has 0 amide bonds. The maximum absolute atomic E-state index is 14.1. The summed E-state index contributed by atoms with van der Waals surface area (Å²) in [7, 11) is 3.21. The highest BCUT2D eigenvalue weighted by molar-refractivity contribution is 6.04. The third kappa shape index (κ3) is 6.61. The van der Waals surface area contributed by atoms with E-state index in [0.717, 1.165) is 22.4 Å². The van der Waals surface area contributed by atoms with Crippen LogP contribution >= 0.6 is 0 Å². The molecule has 1 aliphatic heterocycles. The summed E-state index contributed by atoms with van der Waals surface area (Å²) in [5.41, 5.74) is 5.45. The van der Waals surface area contributed by atoms with Gasteiger partial charge >= 0.3 is 5.97 Å². The van der Waals surface area contributed by atoms with Crippen molar-refractivity contribution in [1.29, 1.82) is 0 Å². The molecule has 43 heavy (non-hydrogen) atoms. The number of ketones is 1. The van der Waals surface area contributed by atoms with Gasteiger partial charge in [0.15, 0.2) is 17.3 Å². The zero-order valence-corrected chi connectivity index (χ0v) is 25.4. The van der Waals surface area contributed by atoms with E-state index in [1.54, 1.807) is 14.2 Å². The van der Waals surface area contributed by atoms with Crippen LogP contribution in [0.3, 0.4) is 0 Å². The van der Waals surface area contributed by atoms with Gasteiger partial charge in [-0.3, -0.25) is 4.79 Å². The molecule has 3 aromatic carbocycles. The molecule has 5 rings (SSSR count). The molecule has 1 aliphatic carbocycles. The van der Waals surface area contributed by atoms with E-state index < -0.39 is 11.9 Å². The van der Waals surface area contributed by atoms with Gasteiger partial charge in [-0.2, -0.15) is 0 Å². The lowest BCUT2D eigenvalue weighted by atomic mass is 9.71. The first kappa shape index (κ1) is 30.0. The van der Waals surface area contributed by atoms with Crippen molar-refractivity contribution >= 4 is 11.8 Å². The monoisotopic (exact) mass is 581 g/mol. The largest absolute Gasteiger partial charge is 0.493 e. The van der Waals surface area contributed by atoms with Crippen molar-refractivity contribution in [2.24, 2.45) is 5.92 Å². The number of carbonyl (C=O) groups excluding carboxylic acids is 2. The lowest BCUT2D eigenvalue weighted by molar-refractivity contribution is -0.140. The number of hydrogen-bond donors (Lipinski definition) is 1. The van der Waals surface area contributed by atoms with E-state index in [9.17, 15) is 9.59 Å². The third-order valence-electron chi connectivity index (χ3n) is 7.91. The van der Waals surface area contributed by atoms with Gasteiger partial charge in [0.2, 0.25) is 0 Å². The number of nitrogens with one attached hydrogen (secondary N) is 1. The zero-order valence-electron chi connectivity index (χ0n) is 25.4. The maximum Gasteiger partial charge on any atom is 0.336 e. The first-order valence-electron chi connectivity index (χ1n) is 14.7. The average Bonchev–Trinajstić information content (AvgIpc) is 3.02. The number of Topliss-reactive ketones (excluding diaryl/α,β-unsaturated/α-hetero) is 1. The molecule has 2 atom stereocenters. The van der Waals surface area contributed by atoms with E-state index in [1.165, 1.54) is 0 Å². The first-order chi connectivity index (χ1) is 20.8. The highest BCUT2D eigenvalue weighted by atomic mass is 16.5. The molecule has 2 aliphatic rings. The summed E-state index contributed by atoms with van der Waals surface area (Å²) >= 11 is 0. The number of carbonyl (C=O) groups is 2. The van der Waals surface area contributed by atoms with Gasteiger partial charge in [-0.25, -0.2) is 4.79 Å². The van der Waals surface area contributed by atoms with Crippen molar-refractivity contribution in [3.8, 4) is 17.2 Å². The van der Waals surface area contributed by atoms with Gasteiger partial charge in [0.1, 0.15) is 12.4 Å². The Morgan fingerprint density at radius 3 is 2.40 bits per heavy atom. The normalized spacial score (nSPS) is 18.2. The summed E-state index contributed by atoms with van der Waals surface area (Å²) in [6.45, 7) is 6.58. The van der Waals surface area contributed by atoms with E-state index in [1.807, 2.05) is 93.6 Å². The molecule has 224 valence electrons. The highest BCUT2D eigenvalue weighted by Crippen LogP contribution is 2.47. The van der Waals surface area contributed by atoms with Crippen LogP contribution in [0.15, 0.2) is 95.3 Å². The van der Waals surface area contributed by atoms with Crippen LogP contribution in [0.25, 0.3) is 0 Å². The van der Waals surface area contributed by atoms with Crippen molar-refractivity contribution in [3.63, 3.8) is 0 Å². The minimum absolute atomic E-state index is 0.00389. The van der Waals surface area contributed by atoms with Crippen LogP contribution in [-0.2, 0) is 20.9 Å². The highest BCUT2D eigenvalue weighted by Gasteiger charge is 2.41. The van der Waals surface area contributed by atoms with Gasteiger partial charge < -0.3 is 24.3 Å². The van der Waals surface area contributed by atoms with Crippen LogP contribution in [0.4, 0.5) is 0 Å². The lowest BCUT2D eigenvalue weighted by Crippen LogP contribution is -2.36. The van der Waals surface area contributed by atoms with E-state index in [2.05, 4.69) is 5.32 Å². The van der Waals surface area contributed by atoms with E-state index >= 15 is 0 Å². The standard InChI is InChI=1S/C36H39NO6/c1-22(2)20-43-36(39)33-23(3)37-29-17-27(25-14-15-31(40-4)32(19-25)41-5)18-30(38)35(29)34(33)26-12-9-13-28(16-26)42-21-24-10-7-6-8-11-24/h6-16,19,22,27,34,37H,17-18,20-21H2,1-5H3/t27-,34-/m0/s1. The Morgan fingerprint density at radius 1 is 0.907 bits per heavy atom. The van der Waals surface area contributed by atoms with Gasteiger partial charge in [-0.1, -0.05) is 62.4 Å². The molecule has 1 N–H and O–H groups in total. The Hall–Kier alpha value is -4.52. The molecule has 0 aromatic heterocycles. The molecule has 7 heteroatoms. The number of methoxy groups -OCH3 is 2. The van der Waals surface area contributed by atoms with Gasteiger partial charge in [-0.05, 0) is 66.1 Å². The number of allylic oxidation sites excluding steroid dienone is 3. The molecule has 3 aromatic rings. The van der Waals surface area contributed by atoms with E-state index in [-0.39, 0.29) is 17.6 Å². The molecule has 7 nitrogen and oxygen atoms in total. The molecule has 0 bridgehead atoms. The summed E-state index contributed by atoms with van der Waals surface area (Å²) in [5.74, 6) is 1.07. The fourth-order valence-electron chi connectivity index (χ4n) is 5.83. The predicted octanol–water partition coefficient (Wildman–Crippen LogP) is 6.84. The number of dihydropyridines is 1. The Labute approximate surface area is 253 Å². The quantitative estimate of drug-likeness (QED) is 0.262. The van der Waals surface area contributed by atoms with Crippen LogP contribution in [0, 0.1) is 5.92 Å². The Balaban J connectivity index is 1.51. The summed E-state index contributed by atoms with van der Waals surface area (Å²) in [5, 5.41) is 3.43. The summed E-state index contributed by atoms with van der Waals surface area (Å²) < 4.78 is 22.8. The lowest BCUT2D eigenvalue weighted by Gasteiger charge is -2.37. The molecular weight excluding hydrogens is 542 g/mol.